The molecular formula is C12H22N2O3. The van der Waals surface area contributed by atoms with Crippen molar-refractivity contribution in [3.05, 3.63) is 0 Å². The van der Waals surface area contributed by atoms with E-state index in [1.165, 1.54) is 0 Å². The van der Waals surface area contributed by atoms with E-state index in [-0.39, 0.29) is 12.1 Å². The van der Waals surface area contributed by atoms with Gasteiger partial charge in [-0.25, -0.2) is 9.59 Å². The van der Waals surface area contributed by atoms with Gasteiger partial charge >= 0.3 is 12.0 Å². The Morgan fingerprint density at radius 3 is 2.65 bits per heavy atom. The van der Waals surface area contributed by atoms with E-state index in [0.717, 1.165) is 32.2 Å². The molecule has 0 radical (unpaired) electrons. The summed E-state index contributed by atoms with van der Waals surface area (Å²) in [5.74, 6) is -0.967. The number of urea groups is 1. The van der Waals surface area contributed by atoms with E-state index in [9.17, 15) is 9.59 Å². The van der Waals surface area contributed by atoms with Gasteiger partial charge < -0.3 is 15.3 Å². The molecule has 1 rings (SSSR count). The third-order valence-electron chi connectivity index (χ3n) is 3.36. The molecule has 1 aliphatic heterocycles. The van der Waals surface area contributed by atoms with E-state index < -0.39 is 12.0 Å². The standard InChI is InChI=1S/C12H22N2O3/c1-3-9-7-5-6-8-14(9)12(17)13-10(4-2)11(15)16/h9-10H,3-8H2,1-2H3,(H,13,17)(H,15,16)/t9?,10-/m0/s1. The smallest absolute Gasteiger partial charge is 0.326 e. The molecule has 0 aromatic carbocycles. The molecule has 1 saturated heterocycles. The van der Waals surface area contributed by atoms with E-state index in [1.54, 1.807) is 11.8 Å². The molecule has 5 heteroatoms. The summed E-state index contributed by atoms with van der Waals surface area (Å²) >= 11 is 0. The van der Waals surface area contributed by atoms with Crippen molar-refractivity contribution in [2.24, 2.45) is 0 Å². The van der Waals surface area contributed by atoms with Crippen molar-refractivity contribution in [1.82, 2.24) is 10.2 Å². The fraction of sp³-hybridized carbons (Fsp3) is 0.833. The molecular weight excluding hydrogens is 220 g/mol. The Hall–Kier alpha value is -1.26. The van der Waals surface area contributed by atoms with Crippen LogP contribution in [0.3, 0.4) is 0 Å². The summed E-state index contributed by atoms with van der Waals surface area (Å²) in [7, 11) is 0. The van der Waals surface area contributed by atoms with E-state index in [4.69, 9.17) is 5.11 Å². The number of piperidine rings is 1. The number of amides is 2. The molecule has 0 bridgehead atoms. The number of likely N-dealkylation sites (tertiary alicyclic amines) is 1. The monoisotopic (exact) mass is 242 g/mol. The third-order valence-corrected chi connectivity index (χ3v) is 3.36. The molecule has 98 valence electrons. The number of rotatable bonds is 4. The number of carboxylic acids is 1. The zero-order valence-electron chi connectivity index (χ0n) is 10.6. The number of carbonyl (C=O) groups is 2. The first-order chi connectivity index (χ1) is 8.10. The second-order valence-corrected chi connectivity index (χ2v) is 4.50. The molecule has 1 heterocycles. The Balaban J connectivity index is 2.58. The van der Waals surface area contributed by atoms with Crippen molar-refractivity contribution in [3.8, 4) is 0 Å². The molecule has 2 amide bonds. The predicted octanol–water partition coefficient (Wildman–Crippen LogP) is 1.82. The lowest BCUT2D eigenvalue weighted by Crippen LogP contribution is -2.52. The fourth-order valence-corrected chi connectivity index (χ4v) is 2.26. The number of hydrogen-bond donors (Lipinski definition) is 2. The van der Waals surface area contributed by atoms with Crippen molar-refractivity contribution in [2.45, 2.75) is 58.0 Å². The van der Waals surface area contributed by atoms with Crippen LogP contribution in [0.4, 0.5) is 4.79 Å². The Labute approximate surface area is 102 Å². The molecule has 2 N–H and O–H groups in total. The maximum Gasteiger partial charge on any atom is 0.326 e. The SMILES string of the molecule is CCC1CCCCN1C(=O)N[C@@H](CC)C(=O)O. The van der Waals surface area contributed by atoms with Crippen LogP contribution in [0.25, 0.3) is 0 Å². The number of nitrogens with zero attached hydrogens (tertiary/aromatic N) is 1. The van der Waals surface area contributed by atoms with Crippen LogP contribution in [-0.4, -0.2) is 40.6 Å². The molecule has 0 saturated carbocycles. The lowest BCUT2D eigenvalue weighted by molar-refractivity contribution is -0.139. The van der Waals surface area contributed by atoms with Gasteiger partial charge in [0.2, 0.25) is 0 Å². The Morgan fingerprint density at radius 1 is 1.41 bits per heavy atom. The Morgan fingerprint density at radius 2 is 2.12 bits per heavy atom. The highest BCUT2D eigenvalue weighted by Crippen LogP contribution is 2.19. The molecule has 0 aromatic heterocycles. The van der Waals surface area contributed by atoms with Crippen molar-refractivity contribution >= 4 is 12.0 Å². The van der Waals surface area contributed by atoms with Gasteiger partial charge in [-0.15, -0.1) is 0 Å². The molecule has 17 heavy (non-hydrogen) atoms. The summed E-state index contributed by atoms with van der Waals surface area (Å²) in [6.07, 6.45) is 4.52. The van der Waals surface area contributed by atoms with Gasteiger partial charge in [-0.05, 0) is 32.1 Å². The maximum absolute atomic E-state index is 12.0. The highest BCUT2D eigenvalue weighted by Gasteiger charge is 2.27. The van der Waals surface area contributed by atoms with Crippen LogP contribution in [0.5, 0.6) is 0 Å². The van der Waals surface area contributed by atoms with Crippen LogP contribution in [0.2, 0.25) is 0 Å². The molecule has 0 aliphatic carbocycles. The van der Waals surface area contributed by atoms with Gasteiger partial charge in [0, 0.05) is 12.6 Å². The average molecular weight is 242 g/mol. The van der Waals surface area contributed by atoms with E-state index >= 15 is 0 Å². The number of hydrogen-bond acceptors (Lipinski definition) is 2. The lowest BCUT2D eigenvalue weighted by Gasteiger charge is -2.35. The third kappa shape index (κ3) is 3.61. The normalized spacial score (nSPS) is 22.0. The number of carboxylic acid groups (broad SMARTS) is 1. The first kappa shape index (κ1) is 13.8. The number of aliphatic carboxylic acids is 1. The van der Waals surface area contributed by atoms with Crippen LogP contribution in [0.1, 0.15) is 46.0 Å². The van der Waals surface area contributed by atoms with Crippen molar-refractivity contribution in [2.75, 3.05) is 6.54 Å². The van der Waals surface area contributed by atoms with Gasteiger partial charge in [-0.3, -0.25) is 0 Å². The molecule has 1 aliphatic rings. The summed E-state index contributed by atoms with van der Waals surface area (Å²) in [5.41, 5.74) is 0. The van der Waals surface area contributed by atoms with Crippen LogP contribution in [0.15, 0.2) is 0 Å². The van der Waals surface area contributed by atoms with E-state index in [1.807, 2.05) is 0 Å². The lowest BCUT2D eigenvalue weighted by atomic mass is 10.0. The van der Waals surface area contributed by atoms with Gasteiger partial charge in [0.15, 0.2) is 0 Å². The Bertz CT molecular complexity index is 281. The molecule has 0 aromatic rings. The minimum Gasteiger partial charge on any atom is -0.480 e. The van der Waals surface area contributed by atoms with Crippen molar-refractivity contribution < 1.29 is 14.7 Å². The first-order valence-electron chi connectivity index (χ1n) is 6.40. The average Bonchev–Trinajstić information content (AvgIpc) is 2.35. The minimum absolute atomic E-state index is 0.231. The zero-order valence-corrected chi connectivity index (χ0v) is 10.6. The minimum atomic E-state index is -0.967. The van der Waals surface area contributed by atoms with Gasteiger partial charge in [0.25, 0.3) is 0 Å². The van der Waals surface area contributed by atoms with Gasteiger partial charge in [-0.2, -0.15) is 0 Å². The van der Waals surface area contributed by atoms with Crippen LogP contribution in [-0.2, 0) is 4.79 Å². The first-order valence-corrected chi connectivity index (χ1v) is 6.40. The summed E-state index contributed by atoms with van der Waals surface area (Å²) in [6.45, 7) is 4.55. The molecule has 0 spiro atoms. The second-order valence-electron chi connectivity index (χ2n) is 4.50. The summed E-state index contributed by atoms with van der Waals surface area (Å²) in [6, 6.07) is -0.747. The highest BCUT2D eigenvalue weighted by molar-refractivity contribution is 5.82. The van der Waals surface area contributed by atoms with Gasteiger partial charge in [0.05, 0.1) is 0 Å². The summed E-state index contributed by atoms with van der Waals surface area (Å²) < 4.78 is 0. The highest BCUT2D eigenvalue weighted by atomic mass is 16.4. The largest absolute Gasteiger partial charge is 0.480 e. The van der Waals surface area contributed by atoms with E-state index in [2.05, 4.69) is 12.2 Å². The van der Waals surface area contributed by atoms with Gasteiger partial charge in [-0.1, -0.05) is 13.8 Å². The second kappa shape index (κ2) is 6.47. The van der Waals surface area contributed by atoms with Gasteiger partial charge in [0.1, 0.15) is 6.04 Å². The molecule has 2 atom stereocenters. The predicted molar refractivity (Wildman–Crippen MR) is 64.9 cm³/mol. The number of nitrogens with one attached hydrogen (secondary N) is 1. The fourth-order valence-electron chi connectivity index (χ4n) is 2.26. The van der Waals surface area contributed by atoms with Crippen LogP contribution >= 0.6 is 0 Å². The Kier molecular flexibility index (Phi) is 5.25. The quantitative estimate of drug-likeness (QED) is 0.790. The summed E-state index contributed by atoms with van der Waals surface area (Å²) in [4.78, 5) is 24.6. The van der Waals surface area contributed by atoms with Crippen LogP contribution in [0, 0.1) is 0 Å². The molecule has 1 fully saturated rings. The summed E-state index contributed by atoms with van der Waals surface area (Å²) in [5, 5.41) is 11.5. The van der Waals surface area contributed by atoms with Crippen molar-refractivity contribution in [3.63, 3.8) is 0 Å². The zero-order chi connectivity index (χ0) is 12.8. The topological polar surface area (TPSA) is 69.6 Å². The maximum atomic E-state index is 12.0. The van der Waals surface area contributed by atoms with E-state index in [0.29, 0.717) is 6.42 Å². The van der Waals surface area contributed by atoms with Crippen molar-refractivity contribution in [1.29, 1.82) is 0 Å². The molecule has 5 nitrogen and oxygen atoms in total. The number of carbonyl (C=O) groups excluding carboxylic acids is 1. The molecule has 1 unspecified atom stereocenters. The van der Waals surface area contributed by atoms with Crippen LogP contribution < -0.4 is 5.32 Å².